The van der Waals surface area contributed by atoms with Crippen molar-refractivity contribution < 1.29 is 9.21 Å². The van der Waals surface area contributed by atoms with Crippen molar-refractivity contribution in [3.63, 3.8) is 0 Å². The van der Waals surface area contributed by atoms with Crippen LogP contribution in [0.15, 0.2) is 76.2 Å². The van der Waals surface area contributed by atoms with Gasteiger partial charge in [0.2, 0.25) is 5.91 Å². The van der Waals surface area contributed by atoms with Gasteiger partial charge >= 0.3 is 0 Å². The molecular weight excluding hydrogens is 472 g/mol. The second-order valence-electron chi connectivity index (χ2n) is 7.38. The van der Waals surface area contributed by atoms with Crippen LogP contribution in [0.4, 0.5) is 5.69 Å². The number of rotatable bonds is 6. The first kappa shape index (κ1) is 20.2. The van der Waals surface area contributed by atoms with E-state index in [0.717, 1.165) is 32.4 Å². The van der Waals surface area contributed by atoms with Crippen LogP contribution in [0.5, 0.6) is 0 Å². The van der Waals surface area contributed by atoms with E-state index in [-0.39, 0.29) is 12.5 Å². The molecule has 0 aliphatic rings. The number of aryl methyl sites for hydroxylation is 1. The van der Waals surface area contributed by atoms with Gasteiger partial charge < -0.3 is 9.73 Å². The zero-order valence-corrected chi connectivity index (χ0v) is 18.8. The van der Waals surface area contributed by atoms with Crippen molar-refractivity contribution >= 4 is 38.6 Å². The third-order valence-electron chi connectivity index (χ3n) is 5.06. The first-order valence-electron chi connectivity index (χ1n) is 9.99. The SMILES string of the molecule is Cc1nn(CC(=O)Nc2cnn(Cc3ccc(Br)cc3)c2)c2nccc(-c3ccco3)c12. The molecule has 1 N–H and O–H groups in total. The highest BCUT2D eigenvalue weighted by Gasteiger charge is 2.17. The highest BCUT2D eigenvalue weighted by molar-refractivity contribution is 9.10. The molecule has 160 valence electrons. The van der Waals surface area contributed by atoms with E-state index in [2.05, 4.69) is 36.4 Å². The number of benzene rings is 1. The van der Waals surface area contributed by atoms with Crippen LogP contribution in [0.3, 0.4) is 0 Å². The molecule has 5 rings (SSSR count). The Balaban J connectivity index is 1.31. The van der Waals surface area contributed by atoms with E-state index in [1.54, 1.807) is 34.2 Å². The lowest BCUT2D eigenvalue weighted by molar-refractivity contribution is -0.116. The van der Waals surface area contributed by atoms with Crippen LogP contribution in [0.25, 0.3) is 22.4 Å². The lowest BCUT2D eigenvalue weighted by Crippen LogP contribution is -2.19. The topological polar surface area (TPSA) is 90.8 Å². The van der Waals surface area contributed by atoms with Crippen LogP contribution in [-0.2, 0) is 17.9 Å². The van der Waals surface area contributed by atoms with Crippen molar-refractivity contribution in [2.75, 3.05) is 5.32 Å². The maximum absolute atomic E-state index is 12.7. The molecular formula is C23H19BrN6O2. The minimum Gasteiger partial charge on any atom is -0.464 e. The van der Waals surface area contributed by atoms with Gasteiger partial charge in [-0.2, -0.15) is 10.2 Å². The number of nitrogens with one attached hydrogen (secondary N) is 1. The largest absolute Gasteiger partial charge is 0.464 e. The van der Waals surface area contributed by atoms with E-state index in [0.29, 0.717) is 17.9 Å². The fourth-order valence-electron chi connectivity index (χ4n) is 3.66. The van der Waals surface area contributed by atoms with Gasteiger partial charge in [-0.3, -0.25) is 9.48 Å². The molecule has 0 saturated carbocycles. The second kappa shape index (κ2) is 8.43. The Morgan fingerprint density at radius 1 is 1.19 bits per heavy atom. The fraction of sp³-hybridized carbons (Fsp3) is 0.130. The Hall–Kier alpha value is -3.72. The molecule has 4 aromatic heterocycles. The summed E-state index contributed by atoms with van der Waals surface area (Å²) in [5.41, 5.74) is 4.07. The maximum atomic E-state index is 12.7. The van der Waals surface area contributed by atoms with Crippen molar-refractivity contribution in [3.05, 3.63) is 83.0 Å². The van der Waals surface area contributed by atoms with E-state index < -0.39 is 0 Å². The smallest absolute Gasteiger partial charge is 0.246 e. The Labute approximate surface area is 192 Å². The van der Waals surface area contributed by atoms with Crippen molar-refractivity contribution in [2.24, 2.45) is 0 Å². The molecule has 0 spiro atoms. The van der Waals surface area contributed by atoms with Gasteiger partial charge in [0.15, 0.2) is 5.65 Å². The summed E-state index contributed by atoms with van der Waals surface area (Å²) in [6.07, 6.45) is 6.77. The molecule has 0 atom stereocenters. The number of anilines is 1. The first-order valence-corrected chi connectivity index (χ1v) is 10.8. The molecule has 0 radical (unpaired) electrons. The van der Waals surface area contributed by atoms with Crippen LogP contribution < -0.4 is 5.32 Å². The Morgan fingerprint density at radius 3 is 2.81 bits per heavy atom. The van der Waals surface area contributed by atoms with Crippen molar-refractivity contribution in [1.29, 1.82) is 0 Å². The van der Waals surface area contributed by atoms with Gasteiger partial charge in [-0.25, -0.2) is 9.67 Å². The van der Waals surface area contributed by atoms with Gasteiger partial charge in [0.25, 0.3) is 0 Å². The van der Waals surface area contributed by atoms with Crippen molar-refractivity contribution in [1.82, 2.24) is 24.5 Å². The Morgan fingerprint density at radius 2 is 2.03 bits per heavy atom. The van der Waals surface area contributed by atoms with E-state index in [1.165, 1.54) is 0 Å². The number of hydrogen-bond donors (Lipinski definition) is 1. The van der Waals surface area contributed by atoms with Gasteiger partial charge in [0.1, 0.15) is 12.3 Å². The Kier molecular flexibility index (Phi) is 5.32. The summed E-state index contributed by atoms with van der Waals surface area (Å²) in [7, 11) is 0. The molecule has 32 heavy (non-hydrogen) atoms. The third-order valence-corrected chi connectivity index (χ3v) is 5.59. The number of furan rings is 1. The van der Waals surface area contributed by atoms with Gasteiger partial charge in [-0.05, 0) is 42.8 Å². The van der Waals surface area contributed by atoms with Gasteiger partial charge in [-0.15, -0.1) is 0 Å². The number of carbonyl (C=O) groups excluding carboxylic acids is 1. The van der Waals surface area contributed by atoms with Crippen LogP contribution >= 0.6 is 15.9 Å². The predicted molar refractivity (Wildman–Crippen MR) is 124 cm³/mol. The van der Waals surface area contributed by atoms with Crippen LogP contribution in [0.1, 0.15) is 11.3 Å². The number of aromatic nitrogens is 5. The highest BCUT2D eigenvalue weighted by atomic mass is 79.9. The summed E-state index contributed by atoms with van der Waals surface area (Å²) in [6.45, 7) is 2.56. The lowest BCUT2D eigenvalue weighted by Gasteiger charge is -2.05. The van der Waals surface area contributed by atoms with Crippen molar-refractivity contribution in [3.8, 4) is 11.3 Å². The minimum absolute atomic E-state index is 0.0385. The summed E-state index contributed by atoms with van der Waals surface area (Å²) in [4.78, 5) is 17.1. The average molecular weight is 491 g/mol. The van der Waals surface area contributed by atoms with Gasteiger partial charge in [-0.1, -0.05) is 28.1 Å². The summed E-state index contributed by atoms with van der Waals surface area (Å²) >= 11 is 3.43. The normalized spacial score (nSPS) is 11.2. The monoisotopic (exact) mass is 490 g/mol. The van der Waals surface area contributed by atoms with E-state index >= 15 is 0 Å². The van der Waals surface area contributed by atoms with Gasteiger partial charge in [0, 0.05) is 22.4 Å². The zero-order chi connectivity index (χ0) is 22.1. The zero-order valence-electron chi connectivity index (χ0n) is 17.2. The summed E-state index contributed by atoms with van der Waals surface area (Å²) in [5.74, 6) is 0.533. The number of halogens is 1. The molecule has 1 aromatic carbocycles. The summed E-state index contributed by atoms with van der Waals surface area (Å²) < 4.78 is 9.97. The molecule has 1 amide bonds. The number of pyridine rings is 1. The van der Waals surface area contributed by atoms with Crippen LogP contribution in [0.2, 0.25) is 0 Å². The number of carbonyl (C=O) groups is 1. The van der Waals surface area contributed by atoms with Crippen LogP contribution in [0, 0.1) is 6.92 Å². The molecule has 0 fully saturated rings. The molecule has 8 nitrogen and oxygen atoms in total. The molecule has 9 heteroatoms. The summed E-state index contributed by atoms with van der Waals surface area (Å²) in [6, 6.07) is 13.7. The predicted octanol–water partition coefficient (Wildman–Crippen LogP) is 4.65. The van der Waals surface area contributed by atoms with E-state index in [9.17, 15) is 4.79 Å². The van der Waals surface area contributed by atoms with E-state index in [4.69, 9.17) is 4.42 Å². The first-order chi connectivity index (χ1) is 15.6. The van der Waals surface area contributed by atoms with Gasteiger partial charge in [0.05, 0.1) is 35.8 Å². The lowest BCUT2D eigenvalue weighted by atomic mass is 10.1. The molecule has 0 bridgehead atoms. The average Bonchev–Trinajstić information content (AvgIpc) is 3.52. The molecule has 0 aliphatic carbocycles. The molecule has 4 heterocycles. The number of nitrogens with zero attached hydrogens (tertiary/aromatic N) is 5. The van der Waals surface area contributed by atoms with E-state index in [1.807, 2.05) is 49.4 Å². The number of fused-ring (bicyclic) bond motifs is 1. The standard InChI is InChI=1S/C23H19BrN6O2/c1-15-22-19(20-3-2-10-32-20)8-9-25-23(22)30(28-15)14-21(31)27-18-11-26-29(13-18)12-16-4-6-17(24)7-5-16/h2-11,13H,12,14H2,1H3,(H,27,31). The molecule has 0 saturated heterocycles. The Bertz CT molecular complexity index is 1390. The maximum Gasteiger partial charge on any atom is 0.246 e. The fourth-order valence-corrected chi connectivity index (χ4v) is 3.92. The molecule has 0 unspecified atom stereocenters. The number of amides is 1. The molecule has 0 aliphatic heterocycles. The minimum atomic E-state index is -0.206. The number of hydrogen-bond acceptors (Lipinski definition) is 5. The quantitative estimate of drug-likeness (QED) is 0.374. The van der Waals surface area contributed by atoms with Crippen molar-refractivity contribution in [2.45, 2.75) is 20.0 Å². The summed E-state index contributed by atoms with van der Waals surface area (Å²) in [5, 5.41) is 12.6. The van der Waals surface area contributed by atoms with Crippen LogP contribution in [-0.4, -0.2) is 30.5 Å². The second-order valence-corrected chi connectivity index (χ2v) is 8.29. The highest BCUT2D eigenvalue weighted by Crippen LogP contribution is 2.30. The third kappa shape index (κ3) is 4.06. The molecule has 5 aromatic rings.